The maximum atomic E-state index is 11.2. The van der Waals surface area contributed by atoms with E-state index < -0.39 is 0 Å². The van der Waals surface area contributed by atoms with Gasteiger partial charge in [-0.3, -0.25) is 9.59 Å². The number of nitrogens with zero attached hydrogens (tertiary/aromatic N) is 1. The molecule has 0 bridgehead atoms. The highest BCUT2D eigenvalue weighted by atomic mass is 16.2. The van der Waals surface area contributed by atoms with Crippen molar-refractivity contribution in [2.24, 2.45) is 5.92 Å². The first-order valence-electron chi connectivity index (χ1n) is 4.50. The summed E-state index contributed by atoms with van der Waals surface area (Å²) in [5, 5.41) is 0. The van der Waals surface area contributed by atoms with Crippen molar-refractivity contribution in [3.05, 3.63) is 0 Å². The van der Waals surface area contributed by atoms with Gasteiger partial charge in [0.25, 0.3) is 0 Å². The highest BCUT2D eigenvalue weighted by molar-refractivity contribution is 5.84. The smallest absolute Gasteiger partial charge is 0.222 e. The van der Waals surface area contributed by atoms with Crippen molar-refractivity contribution in [3.8, 4) is 0 Å². The molecular formula is C9H13NO2. The van der Waals surface area contributed by atoms with Crippen LogP contribution in [0.1, 0.15) is 26.2 Å². The van der Waals surface area contributed by atoms with Gasteiger partial charge in [0.2, 0.25) is 5.91 Å². The van der Waals surface area contributed by atoms with Crippen molar-refractivity contribution in [1.82, 2.24) is 4.90 Å². The maximum Gasteiger partial charge on any atom is 0.222 e. The van der Waals surface area contributed by atoms with Crippen molar-refractivity contribution in [2.75, 3.05) is 6.54 Å². The normalized spacial score (nSPS) is 34.1. The molecule has 3 heteroatoms. The van der Waals surface area contributed by atoms with Crippen molar-refractivity contribution in [1.29, 1.82) is 0 Å². The Morgan fingerprint density at radius 2 is 2.25 bits per heavy atom. The molecule has 0 N–H and O–H groups in total. The Morgan fingerprint density at radius 1 is 1.50 bits per heavy atom. The number of carbonyl (C=O) groups is 2. The number of rotatable bonds is 1. The van der Waals surface area contributed by atoms with Crippen LogP contribution in [0.5, 0.6) is 0 Å². The third-order valence-electron chi connectivity index (χ3n) is 3.04. The summed E-state index contributed by atoms with van der Waals surface area (Å²) in [5.41, 5.74) is 0. The number of amides is 1. The third kappa shape index (κ3) is 0.958. The van der Waals surface area contributed by atoms with E-state index in [2.05, 4.69) is 0 Å². The fourth-order valence-electron chi connectivity index (χ4n) is 2.41. The molecule has 0 saturated carbocycles. The van der Waals surface area contributed by atoms with Gasteiger partial charge in [0.15, 0.2) is 0 Å². The van der Waals surface area contributed by atoms with Gasteiger partial charge in [-0.05, 0) is 19.8 Å². The van der Waals surface area contributed by atoms with Gasteiger partial charge in [-0.1, -0.05) is 0 Å². The molecule has 0 aromatic heterocycles. The van der Waals surface area contributed by atoms with Crippen molar-refractivity contribution in [2.45, 2.75) is 32.2 Å². The van der Waals surface area contributed by atoms with Gasteiger partial charge in [0, 0.05) is 24.9 Å². The van der Waals surface area contributed by atoms with E-state index in [1.54, 1.807) is 6.92 Å². The molecule has 2 heterocycles. The molecule has 0 radical (unpaired) electrons. The van der Waals surface area contributed by atoms with Crippen LogP contribution in [0.15, 0.2) is 0 Å². The third-order valence-corrected chi connectivity index (χ3v) is 3.04. The number of fused-ring (bicyclic) bond motifs is 1. The zero-order valence-corrected chi connectivity index (χ0v) is 7.25. The average Bonchev–Trinajstić information content (AvgIpc) is 2.53. The van der Waals surface area contributed by atoms with E-state index in [-0.39, 0.29) is 23.7 Å². The van der Waals surface area contributed by atoms with E-state index >= 15 is 0 Å². The molecule has 2 saturated heterocycles. The molecule has 2 aliphatic heterocycles. The molecule has 2 fully saturated rings. The Balaban J connectivity index is 2.15. The largest absolute Gasteiger partial charge is 0.339 e. The van der Waals surface area contributed by atoms with Crippen LogP contribution in [-0.2, 0) is 9.59 Å². The number of hydrogen-bond acceptors (Lipinski definition) is 2. The molecule has 1 amide bonds. The summed E-state index contributed by atoms with van der Waals surface area (Å²) in [6, 6.07) is 0.245. The summed E-state index contributed by atoms with van der Waals surface area (Å²) >= 11 is 0. The van der Waals surface area contributed by atoms with Gasteiger partial charge in [0.1, 0.15) is 5.78 Å². The topological polar surface area (TPSA) is 37.4 Å². The SMILES string of the molecule is CC(=O)[C@H]1CCN2C(=O)CCC12. The summed E-state index contributed by atoms with van der Waals surface area (Å²) in [7, 11) is 0. The minimum absolute atomic E-state index is 0.136. The fraction of sp³-hybridized carbons (Fsp3) is 0.778. The molecule has 12 heavy (non-hydrogen) atoms. The Morgan fingerprint density at radius 3 is 2.92 bits per heavy atom. The molecule has 2 aliphatic rings. The second kappa shape index (κ2) is 2.57. The van der Waals surface area contributed by atoms with Crippen LogP contribution in [0.2, 0.25) is 0 Å². The zero-order chi connectivity index (χ0) is 8.72. The van der Waals surface area contributed by atoms with Gasteiger partial charge >= 0.3 is 0 Å². The minimum atomic E-state index is 0.136. The number of Topliss-reactive ketones (excluding diaryl/α,β-unsaturated/α-hetero) is 1. The fourth-order valence-corrected chi connectivity index (χ4v) is 2.41. The van der Waals surface area contributed by atoms with Crippen LogP contribution in [0.4, 0.5) is 0 Å². The molecule has 3 nitrogen and oxygen atoms in total. The van der Waals surface area contributed by atoms with E-state index in [4.69, 9.17) is 0 Å². The molecule has 0 aromatic rings. The summed E-state index contributed by atoms with van der Waals surface area (Å²) in [4.78, 5) is 24.3. The second-order valence-corrected chi connectivity index (χ2v) is 3.70. The van der Waals surface area contributed by atoms with Crippen molar-refractivity contribution < 1.29 is 9.59 Å². The zero-order valence-electron chi connectivity index (χ0n) is 7.25. The minimum Gasteiger partial charge on any atom is -0.339 e. The molecule has 0 aliphatic carbocycles. The monoisotopic (exact) mass is 167 g/mol. The molecule has 0 aromatic carbocycles. The summed E-state index contributed by atoms with van der Waals surface area (Å²) < 4.78 is 0. The first-order valence-corrected chi connectivity index (χ1v) is 4.50. The highest BCUT2D eigenvalue weighted by Crippen LogP contribution is 2.33. The van der Waals surface area contributed by atoms with Crippen LogP contribution in [0.25, 0.3) is 0 Å². The van der Waals surface area contributed by atoms with E-state index in [1.165, 1.54) is 0 Å². The first kappa shape index (κ1) is 7.77. The molecule has 2 atom stereocenters. The number of ketones is 1. The molecule has 2 rings (SSSR count). The van der Waals surface area contributed by atoms with Crippen LogP contribution in [0.3, 0.4) is 0 Å². The Hall–Kier alpha value is -0.860. The lowest BCUT2D eigenvalue weighted by molar-refractivity contribution is -0.128. The molecule has 66 valence electrons. The van der Waals surface area contributed by atoms with E-state index in [1.807, 2.05) is 4.90 Å². The lowest BCUT2D eigenvalue weighted by atomic mass is 9.95. The van der Waals surface area contributed by atoms with Gasteiger partial charge in [-0.2, -0.15) is 0 Å². The predicted molar refractivity (Wildman–Crippen MR) is 43.5 cm³/mol. The summed E-state index contributed by atoms with van der Waals surface area (Å²) in [6.07, 6.45) is 2.42. The lowest BCUT2D eigenvalue weighted by Crippen LogP contribution is -2.31. The lowest BCUT2D eigenvalue weighted by Gasteiger charge is -2.17. The van der Waals surface area contributed by atoms with E-state index in [9.17, 15) is 9.59 Å². The first-order chi connectivity index (χ1) is 5.70. The van der Waals surface area contributed by atoms with Crippen LogP contribution >= 0.6 is 0 Å². The number of carbonyl (C=O) groups excluding carboxylic acids is 2. The van der Waals surface area contributed by atoms with Gasteiger partial charge in [-0.15, -0.1) is 0 Å². The summed E-state index contributed by atoms with van der Waals surface area (Å²) in [6.45, 7) is 2.44. The average molecular weight is 167 g/mol. The van der Waals surface area contributed by atoms with E-state index in [0.717, 1.165) is 19.4 Å². The Bertz CT molecular complexity index is 237. The van der Waals surface area contributed by atoms with Gasteiger partial charge in [0.05, 0.1) is 0 Å². The molecule has 0 spiro atoms. The van der Waals surface area contributed by atoms with Gasteiger partial charge in [-0.25, -0.2) is 0 Å². The predicted octanol–water partition coefficient (Wildman–Crippen LogP) is 0.586. The molecule has 1 unspecified atom stereocenters. The Labute approximate surface area is 71.7 Å². The maximum absolute atomic E-state index is 11.2. The second-order valence-electron chi connectivity index (χ2n) is 3.70. The van der Waals surface area contributed by atoms with Crippen LogP contribution < -0.4 is 0 Å². The van der Waals surface area contributed by atoms with E-state index in [0.29, 0.717) is 6.42 Å². The summed E-state index contributed by atoms with van der Waals surface area (Å²) in [5.74, 6) is 0.623. The Kier molecular flexibility index (Phi) is 1.67. The van der Waals surface area contributed by atoms with Crippen LogP contribution in [-0.4, -0.2) is 29.2 Å². The highest BCUT2D eigenvalue weighted by Gasteiger charge is 2.42. The van der Waals surface area contributed by atoms with Gasteiger partial charge < -0.3 is 4.90 Å². The number of hydrogen-bond donors (Lipinski definition) is 0. The van der Waals surface area contributed by atoms with Crippen molar-refractivity contribution in [3.63, 3.8) is 0 Å². The van der Waals surface area contributed by atoms with Crippen molar-refractivity contribution >= 4 is 11.7 Å². The van der Waals surface area contributed by atoms with Crippen LogP contribution in [0, 0.1) is 5.92 Å². The quantitative estimate of drug-likeness (QED) is 0.573. The molecular weight excluding hydrogens is 154 g/mol. The standard InChI is InChI=1S/C9H13NO2/c1-6(11)7-4-5-10-8(7)2-3-9(10)12/h7-8H,2-5H2,1H3/t7-,8?/m1/s1.